The minimum Gasteiger partial charge on any atom is -0.388 e. The Morgan fingerprint density at radius 1 is 1.33 bits per heavy atom. The molecule has 0 spiro atoms. The van der Waals surface area contributed by atoms with Crippen molar-refractivity contribution in [2.24, 2.45) is 5.41 Å². The molecule has 3 N–H and O–H groups in total. The van der Waals surface area contributed by atoms with Crippen LogP contribution in [0.4, 0.5) is 0 Å². The van der Waals surface area contributed by atoms with Crippen LogP contribution in [0.3, 0.4) is 0 Å². The topological polar surface area (TPSA) is 60.9 Å². The summed E-state index contributed by atoms with van der Waals surface area (Å²) in [6, 6.07) is 10.2. The Morgan fingerprint density at radius 3 is 2.62 bits per heavy atom. The lowest BCUT2D eigenvalue weighted by Gasteiger charge is -2.25. The number of aliphatic hydroxyl groups is 1. The van der Waals surface area contributed by atoms with Crippen molar-refractivity contribution < 1.29 is 5.11 Å². The second kappa shape index (κ2) is 5.62. The largest absolute Gasteiger partial charge is 0.388 e. The fraction of sp³-hybridized carbons (Fsp3) is 0.471. The van der Waals surface area contributed by atoms with Crippen molar-refractivity contribution in [2.75, 3.05) is 6.54 Å². The molecule has 0 bridgehead atoms. The highest BCUT2D eigenvalue weighted by atomic mass is 16.3. The Kier molecular flexibility index (Phi) is 3.83. The average Bonchev–Trinajstić information content (AvgIpc) is 3.19. The van der Waals surface area contributed by atoms with Gasteiger partial charge in [-0.25, -0.2) is 0 Å². The number of aryl methyl sites for hydroxylation is 1. The molecule has 1 fully saturated rings. The molecule has 1 aliphatic rings. The van der Waals surface area contributed by atoms with Crippen LogP contribution in [0.1, 0.15) is 48.7 Å². The second-order valence-electron chi connectivity index (χ2n) is 6.23. The standard InChI is InChI=1S/C17H23N3O/c1-12(15-10-19-20-13(15)2)18-11-17(8-9-17)16(21)14-6-4-3-5-7-14/h3-7,10,12,16,18,21H,8-9,11H2,1-2H3,(H,19,20). The molecule has 1 aromatic heterocycles. The van der Waals surface area contributed by atoms with Crippen molar-refractivity contribution in [3.05, 3.63) is 53.3 Å². The van der Waals surface area contributed by atoms with Gasteiger partial charge in [-0.15, -0.1) is 0 Å². The molecular formula is C17H23N3O. The summed E-state index contributed by atoms with van der Waals surface area (Å²) in [7, 11) is 0. The van der Waals surface area contributed by atoms with E-state index in [1.807, 2.05) is 43.5 Å². The van der Waals surface area contributed by atoms with Crippen LogP contribution in [0, 0.1) is 12.3 Å². The van der Waals surface area contributed by atoms with Crippen molar-refractivity contribution in [2.45, 2.75) is 38.8 Å². The fourth-order valence-corrected chi connectivity index (χ4v) is 2.96. The second-order valence-corrected chi connectivity index (χ2v) is 6.23. The first-order valence-electron chi connectivity index (χ1n) is 7.59. The highest BCUT2D eigenvalue weighted by Gasteiger charge is 2.49. The van der Waals surface area contributed by atoms with Gasteiger partial charge >= 0.3 is 0 Å². The third-order valence-electron chi connectivity index (χ3n) is 4.68. The van der Waals surface area contributed by atoms with Gasteiger partial charge in [0.1, 0.15) is 0 Å². The molecule has 3 rings (SSSR count). The zero-order valence-electron chi connectivity index (χ0n) is 12.6. The summed E-state index contributed by atoms with van der Waals surface area (Å²) in [4.78, 5) is 0. The molecular weight excluding hydrogens is 262 g/mol. The maximum atomic E-state index is 10.7. The number of nitrogens with zero attached hydrogens (tertiary/aromatic N) is 1. The van der Waals surface area contributed by atoms with Crippen LogP contribution >= 0.6 is 0 Å². The van der Waals surface area contributed by atoms with Crippen molar-refractivity contribution >= 4 is 0 Å². The zero-order valence-corrected chi connectivity index (χ0v) is 12.6. The summed E-state index contributed by atoms with van der Waals surface area (Å²) in [6.45, 7) is 5.00. The van der Waals surface area contributed by atoms with Crippen LogP contribution in [-0.2, 0) is 0 Å². The van der Waals surface area contributed by atoms with E-state index in [0.717, 1.165) is 30.6 Å². The average molecular weight is 285 g/mol. The summed E-state index contributed by atoms with van der Waals surface area (Å²) in [6.07, 6.45) is 3.64. The molecule has 1 aromatic carbocycles. The molecule has 1 saturated carbocycles. The van der Waals surface area contributed by atoms with Crippen LogP contribution < -0.4 is 5.32 Å². The Hall–Kier alpha value is -1.65. The number of aliphatic hydroxyl groups excluding tert-OH is 1. The summed E-state index contributed by atoms with van der Waals surface area (Å²) < 4.78 is 0. The molecule has 1 aliphatic carbocycles. The van der Waals surface area contributed by atoms with Crippen LogP contribution in [0.5, 0.6) is 0 Å². The number of aromatic amines is 1. The van der Waals surface area contributed by atoms with Crippen LogP contribution in [0.25, 0.3) is 0 Å². The summed E-state index contributed by atoms with van der Waals surface area (Å²) in [5, 5.41) is 21.3. The van der Waals surface area contributed by atoms with E-state index in [0.29, 0.717) is 0 Å². The van der Waals surface area contributed by atoms with Gasteiger partial charge in [0.2, 0.25) is 0 Å². The minimum absolute atomic E-state index is 0.00669. The van der Waals surface area contributed by atoms with Gasteiger partial charge in [-0.2, -0.15) is 5.10 Å². The first-order chi connectivity index (χ1) is 10.1. The molecule has 0 aliphatic heterocycles. The van der Waals surface area contributed by atoms with Gasteiger partial charge < -0.3 is 10.4 Å². The van der Waals surface area contributed by atoms with Crippen molar-refractivity contribution in [3.63, 3.8) is 0 Å². The van der Waals surface area contributed by atoms with E-state index in [9.17, 15) is 5.11 Å². The number of H-pyrrole nitrogens is 1. The summed E-state index contributed by atoms with van der Waals surface area (Å²) in [5.41, 5.74) is 3.31. The van der Waals surface area contributed by atoms with E-state index in [1.165, 1.54) is 5.56 Å². The predicted octanol–water partition coefficient (Wildman–Crippen LogP) is 2.88. The number of nitrogens with one attached hydrogen (secondary N) is 2. The molecule has 21 heavy (non-hydrogen) atoms. The van der Waals surface area contributed by atoms with Gasteiger partial charge in [0.15, 0.2) is 0 Å². The Labute approximate surface area is 125 Å². The van der Waals surface area contributed by atoms with E-state index in [1.54, 1.807) is 0 Å². The third kappa shape index (κ3) is 2.87. The van der Waals surface area contributed by atoms with E-state index in [2.05, 4.69) is 22.4 Å². The Bertz CT molecular complexity index is 589. The molecule has 2 aromatic rings. The predicted molar refractivity (Wildman–Crippen MR) is 82.8 cm³/mol. The van der Waals surface area contributed by atoms with Gasteiger partial charge in [0.25, 0.3) is 0 Å². The highest BCUT2D eigenvalue weighted by Crippen LogP contribution is 2.54. The van der Waals surface area contributed by atoms with Crippen LogP contribution in [0.15, 0.2) is 36.5 Å². The van der Waals surface area contributed by atoms with E-state index < -0.39 is 0 Å². The third-order valence-corrected chi connectivity index (χ3v) is 4.68. The summed E-state index contributed by atoms with van der Waals surface area (Å²) in [5.74, 6) is 0. The fourth-order valence-electron chi connectivity index (χ4n) is 2.96. The molecule has 2 unspecified atom stereocenters. The van der Waals surface area contributed by atoms with Crippen molar-refractivity contribution in [3.8, 4) is 0 Å². The van der Waals surface area contributed by atoms with E-state index in [-0.39, 0.29) is 17.6 Å². The molecule has 0 amide bonds. The van der Waals surface area contributed by atoms with Gasteiger partial charge in [-0.3, -0.25) is 5.10 Å². The minimum atomic E-state index is -0.385. The number of rotatable bonds is 6. The lowest BCUT2D eigenvalue weighted by molar-refractivity contribution is 0.0903. The first kappa shape index (κ1) is 14.3. The molecule has 4 heteroatoms. The summed E-state index contributed by atoms with van der Waals surface area (Å²) >= 11 is 0. The van der Waals surface area contributed by atoms with Gasteiger partial charge in [0.05, 0.1) is 12.3 Å². The lowest BCUT2D eigenvalue weighted by Crippen LogP contribution is -2.30. The van der Waals surface area contributed by atoms with Crippen LogP contribution in [0.2, 0.25) is 0 Å². The normalized spacial score (nSPS) is 19.2. The molecule has 112 valence electrons. The van der Waals surface area contributed by atoms with Gasteiger partial charge in [0, 0.05) is 29.3 Å². The molecule has 1 heterocycles. The smallest absolute Gasteiger partial charge is 0.0858 e. The van der Waals surface area contributed by atoms with Crippen LogP contribution in [-0.4, -0.2) is 21.8 Å². The Balaban J connectivity index is 1.64. The Morgan fingerprint density at radius 2 is 2.05 bits per heavy atom. The number of benzene rings is 1. The monoisotopic (exact) mass is 285 g/mol. The first-order valence-corrected chi connectivity index (χ1v) is 7.59. The number of aromatic nitrogens is 2. The number of hydrogen-bond acceptors (Lipinski definition) is 3. The zero-order chi connectivity index (χ0) is 14.9. The van der Waals surface area contributed by atoms with E-state index in [4.69, 9.17) is 0 Å². The molecule has 4 nitrogen and oxygen atoms in total. The van der Waals surface area contributed by atoms with Crippen molar-refractivity contribution in [1.29, 1.82) is 0 Å². The van der Waals surface area contributed by atoms with Crippen molar-refractivity contribution in [1.82, 2.24) is 15.5 Å². The van der Waals surface area contributed by atoms with Gasteiger partial charge in [-0.05, 0) is 32.3 Å². The maximum Gasteiger partial charge on any atom is 0.0858 e. The quantitative estimate of drug-likeness (QED) is 0.765. The van der Waals surface area contributed by atoms with Gasteiger partial charge in [-0.1, -0.05) is 30.3 Å². The van der Waals surface area contributed by atoms with E-state index >= 15 is 0 Å². The number of hydrogen-bond donors (Lipinski definition) is 3. The molecule has 0 saturated heterocycles. The lowest BCUT2D eigenvalue weighted by atomic mass is 9.92. The SMILES string of the molecule is Cc1[nH]ncc1C(C)NCC1(C(O)c2ccccc2)CC1. The highest BCUT2D eigenvalue weighted by molar-refractivity contribution is 5.23. The maximum absolute atomic E-state index is 10.7. The molecule has 0 radical (unpaired) electrons. The molecule has 2 atom stereocenters.